The molecule has 1 atom stereocenters. The van der Waals surface area contributed by atoms with E-state index in [1.54, 1.807) is 0 Å². The Bertz CT molecular complexity index is 553. The van der Waals surface area contributed by atoms with E-state index in [4.69, 9.17) is 10.5 Å². The third-order valence-corrected chi connectivity index (χ3v) is 3.70. The zero-order chi connectivity index (χ0) is 14.1. The third-order valence-electron chi connectivity index (χ3n) is 3.70. The maximum atomic E-state index is 13.6. The first kappa shape index (κ1) is 15.9. The molecule has 0 saturated carbocycles. The number of nitrogens with one attached hydrogen (secondary N) is 1. The van der Waals surface area contributed by atoms with Crippen LogP contribution >= 0.6 is 12.4 Å². The summed E-state index contributed by atoms with van der Waals surface area (Å²) < 4.78 is 32.4. The highest BCUT2D eigenvalue weighted by Gasteiger charge is 2.30. The lowest BCUT2D eigenvalue weighted by molar-refractivity contribution is 0.146. The van der Waals surface area contributed by atoms with Crippen molar-refractivity contribution in [3.8, 4) is 5.75 Å². The highest BCUT2D eigenvalue weighted by atomic mass is 35.5. The van der Waals surface area contributed by atoms with Gasteiger partial charge >= 0.3 is 0 Å². The number of fused-ring (bicyclic) bond motifs is 1. The fourth-order valence-electron chi connectivity index (χ4n) is 2.79. The predicted molar refractivity (Wildman–Crippen MR) is 78.2 cm³/mol. The molecular weight excluding hydrogens is 300 g/mol. The lowest BCUT2D eigenvalue weighted by Gasteiger charge is -2.35. The summed E-state index contributed by atoms with van der Waals surface area (Å²) in [5, 5.41) is 3.16. The molecule has 3 N–H and O–H groups in total. The second-order valence-corrected chi connectivity index (χ2v) is 5.05. The number of benzene rings is 1. The first-order valence-electron chi connectivity index (χ1n) is 6.69. The van der Waals surface area contributed by atoms with E-state index < -0.39 is 11.6 Å². The van der Waals surface area contributed by atoms with Gasteiger partial charge in [0.05, 0.1) is 12.7 Å². The second-order valence-electron chi connectivity index (χ2n) is 5.05. The standard InChI is InChI=1S/C14H17F2N3O.ClH/c15-10-3-9-4-12(7-20-14(9)13(16)5-10)19-8-18-6-11(19)1-2-17;/h3,5-6,12,18H,1-2,4,7-8,17H2;1H/t12-;/m1./s1. The topological polar surface area (TPSA) is 50.5 Å². The summed E-state index contributed by atoms with van der Waals surface area (Å²) in [7, 11) is 0. The Labute approximate surface area is 128 Å². The average Bonchev–Trinajstić information content (AvgIpc) is 2.86. The number of halogens is 3. The van der Waals surface area contributed by atoms with Gasteiger partial charge in [-0.15, -0.1) is 12.4 Å². The van der Waals surface area contributed by atoms with E-state index in [1.807, 2.05) is 6.20 Å². The summed E-state index contributed by atoms with van der Waals surface area (Å²) in [5.74, 6) is -1.02. The van der Waals surface area contributed by atoms with Gasteiger partial charge in [0.1, 0.15) is 12.4 Å². The van der Waals surface area contributed by atoms with Crippen molar-refractivity contribution in [3.63, 3.8) is 0 Å². The molecule has 0 aromatic heterocycles. The molecule has 0 saturated heterocycles. The van der Waals surface area contributed by atoms with E-state index in [0.29, 0.717) is 31.8 Å². The Morgan fingerprint density at radius 2 is 2.19 bits per heavy atom. The van der Waals surface area contributed by atoms with E-state index in [9.17, 15) is 8.78 Å². The minimum atomic E-state index is -0.629. The number of hydrogen-bond donors (Lipinski definition) is 2. The molecule has 1 aromatic carbocycles. The second kappa shape index (κ2) is 6.49. The molecule has 7 heteroatoms. The number of nitrogens with zero attached hydrogens (tertiary/aromatic N) is 1. The predicted octanol–water partition coefficient (Wildman–Crippen LogP) is 1.74. The van der Waals surface area contributed by atoms with Gasteiger partial charge in [-0.2, -0.15) is 0 Å². The average molecular weight is 318 g/mol. The highest BCUT2D eigenvalue weighted by molar-refractivity contribution is 5.85. The highest BCUT2D eigenvalue weighted by Crippen LogP contribution is 2.32. The van der Waals surface area contributed by atoms with Crippen molar-refractivity contribution in [2.24, 2.45) is 5.73 Å². The van der Waals surface area contributed by atoms with Gasteiger partial charge in [-0.1, -0.05) is 0 Å². The molecule has 2 aliphatic heterocycles. The van der Waals surface area contributed by atoms with Gasteiger partial charge in [0.2, 0.25) is 0 Å². The Hall–Kier alpha value is -1.53. The normalized spacial score (nSPS) is 20.0. The summed E-state index contributed by atoms with van der Waals surface area (Å²) >= 11 is 0. The summed E-state index contributed by atoms with van der Waals surface area (Å²) in [5.41, 5.74) is 7.28. The number of nitrogens with two attached hydrogens (primary N) is 1. The monoisotopic (exact) mass is 317 g/mol. The van der Waals surface area contributed by atoms with Crippen LogP contribution in [0.25, 0.3) is 0 Å². The van der Waals surface area contributed by atoms with E-state index in [2.05, 4.69) is 10.2 Å². The van der Waals surface area contributed by atoms with Crippen molar-refractivity contribution in [2.75, 3.05) is 19.8 Å². The molecule has 2 aliphatic rings. The zero-order valence-corrected chi connectivity index (χ0v) is 12.3. The molecule has 116 valence electrons. The summed E-state index contributed by atoms with van der Waals surface area (Å²) in [6.45, 7) is 1.63. The lowest BCUT2D eigenvalue weighted by Crippen LogP contribution is -2.43. The maximum Gasteiger partial charge on any atom is 0.168 e. The summed E-state index contributed by atoms with van der Waals surface area (Å²) in [6.07, 6.45) is 3.27. The Morgan fingerprint density at radius 3 is 2.95 bits per heavy atom. The van der Waals surface area contributed by atoms with E-state index in [-0.39, 0.29) is 24.2 Å². The first-order valence-corrected chi connectivity index (χ1v) is 6.69. The number of hydrogen-bond acceptors (Lipinski definition) is 4. The van der Waals surface area contributed by atoms with Gasteiger partial charge in [0.25, 0.3) is 0 Å². The van der Waals surface area contributed by atoms with Crippen molar-refractivity contribution in [1.82, 2.24) is 10.2 Å². The van der Waals surface area contributed by atoms with Crippen molar-refractivity contribution < 1.29 is 13.5 Å². The largest absolute Gasteiger partial charge is 0.488 e. The van der Waals surface area contributed by atoms with Crippen LogP contribution in [0.2, 0.25) is 0 Å². The van der Waals surface area contributed by atoms with Gasteiger partial charge < -0.3 is 20.7 Å². The third kappa shape index (κ3) is 3.06. The van der Waals surface area contributed by atoms with Crippen molar-refractivity contribution in [1.29, 1.82) is 0 Å². The van der Waals surface area contributed by atoms with Crippen LogP contribution in [0.5, 0.6) is 5.75 Å². The van der Waals surface area contributed by atoms with Crippen LogP contribution in [0.3, 0.4) is 0 Å². The van der Waals surface area contributed by atoms with E-state index >= 15 is 0 Å². The van der Waals surface area contributed by atoms with Crippen molar-refractivity contribution in [3.05, 3.63) is 41.2 Å². The first-order chi connectivity index (χ1) is 9.69. The zero-order valence-electron chi connectivity index (χ0n) is 11.4. The smallest absolute Gasteiger partial charge is 0.168 e. The van der Waals surface area contributed by atoms with E-state index in [0.717, 1.165) is 18.2 Å². The molecule has 0 amide bonds. The minimum Gasteiger partial charge on any atom is -0.488 e. The van der Waals surface area contributed by atoms with Crippen LogP contribution in [-0.4, -0.2) is 30.8 Å². The van der Waals surface area contributed by atoms with Gasteiger partial charge in [-0.05, 0) is 19.0 Å². The number of ether oxygens (including phenoxy) is 1. The quantitative estimate of drug-likeness (QED) is 0.891. The molecule has 2 heterocycles. The molecule has 0 bridgehead atoms. The fraction of sp³-hybridized carbons (Fsp3) is 0.429. The SMILES string of the molecule is Cl.NCCC1=CNCN1[C@H]1COc2c(F)cc(F)cc2C1. The van der Waals surface area contributed by atoms with Gasteiger partial charge in [-0.25, -0.2) is 8.78 Å². The molecule has 4 nitrogen and oxygen atoms in total. The Morgan fingerprint density at radius 1 is 1.38 bits per heavy atom. The van der Waals surface area contributed by atoms with Gasteiger partial charge in [0.15, 0.2) is 11.6 Å². The molecule has 21 heavy (non-hydrogen) atoms. The minimum absolute atomic E-state index is 0. The molecule has 0 fully saturated rings. The van der Waals surface area contributed by atoms with Crippen molar-refractivity contribution in [2.45, 2.75) is 18.9 Å². The Balaban J connectivity index is 0.00000161. The van der Waals surface area contributed by atoms with E-state index in [1.165, 1.54) is 6.07 Å². The van der Waals surface area contributed by atoms with Crippen LogP contribution < -0.4 is 15.8 Å². The molecule has 0 aliphatic carbocycles. The number of rotatable bonds is 3. The molecular formula is C14H18ClF2N3O. The van der Waals surface area contributed by atoms with Crippen LogP contribution in [0.15, 0.2) is 24.0 Å². The maximum absolute atomic E-state index is 13.6. The van der Waals surface area contributed by atoms with Gasteiger partial charge in [-0.3, -0.25) is 0 Å². The van der Waals surface area contributed by atoms with Crippen LogP contribution in [0.4, 0.5) is 8.78 Å². The Kier molecular flexibility index (Phi) is 4.90. The van der Waals surface area contributed by atoms with Crippen LogP contribution in [0, 0.1) is 11.6 Å². The summed E-state index contributed by atoms with van der Waals surface area (Å²) in [4.78, 5) is 2.15. The lowest BCUT2D eigenvalue weighted by atomic mass is 10.0. The van der Waals surface area contributed by atoms with Crippen LogP contribution in [-0.2, 0) is 6.42 Å². The molecule has 0 radical (unpaired) electrons. The summed E-state index contributed by atoms with van der Waals surface area (Å²) in [6, 6.07) is 2.27. The van der Waals surface area contributed by atoms with Crippen molar-refractivity contribution >= 4 is 12.4 Å². The fourth-order valence-corrected chi connectivity index (χ4v) is 2.79. The van der Waals surface area contributed by atoms with Gasteiger partial charge in [0, 0.05) is 29.9 Å². The molecule has 0 spiro atoms. The molecule has 1 aromatic rings. The molecule has 0 unspecified atom stereocenters. The molecule has 3 rings (SSSR count). The van der Waals surface area contributed by atoms with Crippen LogP contribution in [0.1, 0.15) is 12.0 Å².